The average Bonchev–Trinajstić information content (AvgIpc) is 2.56. The van der Waals surface area contributed by atoms with Crippen LogP contribution < -0.4 is 0 Å². The van der Waals surface area contributed by atoms with Crippen LogP contribution in [-0.2, 0) is 14.3 Å². The molecule has 0 spiro atoms. The number of carbonyl (C=O) groups excluding carboxylic acids is 2. The van der Waals surface area contributed by atoms with Crippen molar-refractivity contribution >= 4 is 22.8 Å². The Kier molecular flexibility index (Phi) is 25.2. The first-order valence-electron chi connectivity index (χ1n) is 8.25. The molecule has 0 aromatic heterocycles. The molecule has 0 aromatic carbocycles. The molecular weight excluding hydrogens is 340 g/mol. The predicted molar refractivity (Wildman–Crippen MR) is 107 cm³/mol. The Morgan fingerprint density at radius 3 is 1.72 bits per heavy atom. The van der Waals surface area contributed by atoms with Crippen LogP contribution in [-0.4, -0.2) is 29.5 Å². The van der Waals surface area contributed by atoms with E-state index in [1.165, 1.54) is 0 Å². The lowest BCUT2D eigenvalue weighted by molar-refractivity contribution is -0.139. The number of halogens is 1. The minimum atomic E-state index is -0.463. The number of hydrogen-bond acceptors (Lipinski definition) is 4. The van der Waals surface area contributed by atoms with Gasteiger partial charge in [0, 0.05) is 17.8 Å². The fourth-order valence-corrected chi connectivity index (χ4v) is 1.08. The van der Waals surface area contributed by atoms with Crippen LogP contribution in [0.5, 0.6) is 0 Å². The summed E-state index contributed by atoms with van der Waals surface area (Å²) in [5, 5.41) is 7.80. The maximum Gasteiger partial charge on any atom is 0.333 e. The largest absolute Gasteiger partial charge is 0.462 e. The summed E-state index contributed by atoms with van der Waals surface area (Å²) in [6.45, 7) is 17.9. The molecule has 0 bridgehead atoms. The van der Waals surface area contributed by atoms with Crippen molar-refractivity contribution in [1.82, 2.24) is 0 Å². The van der Waals surface area contributed by atoms with Gasteiger partial charge < -0.3 is 9.84 Å². The monoisotopic (exact) mass is 372 g/mol. The summed E-state index contributed by atoms with van der Waals surface area (Å²) in [5.74, 6) is -0.298. The Hall–Kier alpha value is -1.65. The molecule has 0 aromatic rings. The van der Waals surface area contributed by atoms with Crippen LogP contribution in [0.25, 0.3) is 0 Å². The molecule has 1 N–H and O–H groups in total. The maximum atomic E-state index is 10.8. The van der Waals surface area contributed by atoms with E-state index in [-0.39, 0.29) is 5.97 Å². The fourth-order valence-electron chi connectivity index (χ4n) is 1.08. The zero-order valence-corrected chi connectivity index (χ0v) is 16.4. The second-order valence-corrected chi connectivity index (χ2v) is 5.61. The molecule has 0 saturated carbocycles. The Bertz CT molecular complexity index is 402. The molecule has 0 amide bonds. The highest BCUT2D eigenvalue weighted by Crippen LogP contribution is 1.98. The number of ether oxygens (including phenoxy) is 1. The molecule has 144 valence electrons. The molecule has 0 atom stereocenters. The van der Waals surface area contributed by atoms with E-state index in [9.17, 15) is 9.59 Å². The number of esters is 1. The molecule has 0 aliphatic carbocycles. The Labute approximate surface area is 157 Å². The topological polar surface area (TPSA) is 63.6 Å². The second-order valence-electron chi connectivity index (χ2n) is 5.26. The standard InChI is InChI=1S/C10H16O2.C6H12O.C4H5ClO/c1-4-5-6-7-8-12-10(11)9(2)3;1-2-3-4-5-6-7;1-3(2)4(5)6/h4H,1-2,5-8H2,3H3;2,7H,1,3-6H2;1H2,2H3. The summed E-state index contributed by atoms with van der Waals surface area (Å²) in [6, 6.07) is 0. The Morgan fingerprint density at radius 2 is 1.40 bits per heavy atom. The molecule has 25 heavy (non-hydrogen) atoms. The third-order valence-electron chi connectivity index (χ3n) is 2.54. The van der Waals surface area contributed by atoms with Crippen molar-refractivity contribution in [3.63, 3.8) is 0 Å². The summed E-state index contributed by atoms with van der Waals surface area (Å²) < 4.78 is 4.88. The van der Waals surface area contributed by atoms with Gasteiger partial charge in [-0.2, -0.15) is 0 Å². The Morgan fingerprint density at radius 1 is 0.960 bits per heavy atom. The quantitative estimate of drug-likeness (QED) is 0.179. The van der Waals surface area contributed by atoms with Gasteiger partial charge in [0.05, 0.1) is 6.61 Å². The van der Waals surface area contributed by atoms with Crippen LogP contribution in [0.15, 0.2) is 49.6 Å². The van der Waals surface area contributed by atoms with Gasteiger partial charge in [-0.25, -0.2) is 4.79 Å². The van der Waals surface area contributed by atoms with E-state index in [0.717, 1.165) is 38.5 Å². The van der Waals surface area contributed by atoms with Gasteiger partial charge in [0.15, 0.2) is 0 Å². The highest BCUT2D eigenvalue weighted by atomic mass is 35.5. The molecule has 5 heteroatoms. The Balaban J connectivity index is -0.000000317. The van der Waals surface area contributed by atoms with Crippen molar-refractivity contribution in [3.8, 4) is 0 Å². The lowest BCUT2D eigenvalue weighted by Crippen LogP contribution is -2.05. The zero-order chi connectivity index (χ0) is 20.1. The second kappa shape index (κ2) is 22.4. The lowest BCUT2D eigenvalue weighted by Gasteiger charge is -2.02. The molecule has 0 aliphatic heterocycles. The fraction of sp³-hybridized carbons (Fsp3) is 0.500. The SMILES string of the molecule is C=C(C)C(=O)Cl.C=CCCCCO.C=CCCCCOC(=O)C(=C)C. The van der Waals surface area contributed by atoms with Gasteiger partial charge in [-0.3, -0.25) is 4.79 Å². The van der Waals surface area contributed by atoms with E-state index in [4.69, 9.17) is 21.4 Å². The van der Waals surface area contributed by atoms with Crippen LogP contribution in [0.3, 0.4) is 0 Å². The first-order chi connectivity index (χ1) is 11.7. The molecule has 0 fully saturated rings. The van der Waals surface area contributed by atoms with Crippen molar-refractivity contribution in [2.45, 2.75) is 52.4 Å². The number of aliphatic hydroxyl groups is 1. The lowest BCUT2D eigenvalue weighted by atomic mass is 10.2. The highest BCUT2D eigenvalue weighted by molar-refractivity contribution is 6.67. The van der Waals surface area contributed by atoms with E-state index in [2.05, 4.69) is 26.3 Å². The summed E-state index contributed by atoms with van der Waals surface area (Å²) in [7, 11) is 0. The van der Waals surface area contributed by atoms with Crippen LogP contribution in [0, 0.1) is 0 Å². The van der Waals surface area contributed by atoms with Crippen molar-refractivity contribution in [2.24, 2.45) is 0 Å². The zero-order valence-electron chi connectivity index (χ0n) is 15.7. The van der Waals surface area contributed by atoms with Gasteiger partial charge in [0.1, 0.15) is 0 Å². The third kappa shape index (κ3) is 30.7. The summed E-state index contributed by atoms with van der Waals surface area (Å²) in [6.07, 6.45) is 9.63. The van der Waals surface area contributed by atoms with Crippen molar-refractivity contribution in [2.75, 3.05) is 13.2 Å². The van der Waals surface area contributed by atoms with Gasteiger partial charge in [0.2, 0.25) is 5.24 Å². The number of aliphatic hydroxyl groups excluding tert-OH is 1. The molecule has 0 unspecified atom stereocenters. The maximum absolute atomic E-state index is 10.8. The van der Waals surface area contributed by atoms with Gasteiger partial charge in [-0.05, 0) is 64.0 Å². The first-order valence-corrected chi connectivity index (χ1v) is 8.62. The van der Waals surface area contributed by atoms with E-state index >= 15 is 0 Å². The summed E-state index contributed by atoms with van der Waals surface area (Å²) >= 11 is 4.87. The molecule has 0 heterocycles. The van der Waals surface area contributed by atoms with Crippen molar-refractivity contribution in [1.29, 1.82) is 0 Å². The number of carbonyl (C=O) groups is 2. The smallest absolute Gasteiger partial charge is 0.333 e. The minimum Gasteiger partial charge on any atom is -0.462 e. The molecule has 0 radical (unpaired) electrons. The number of rotatable bonds is 11. The molecule has 0 saturated heterocycles. The van der Waals surface area contributed by atoms with Gasteiger partial charge in [0.25, 0.3) is 0 Å². The van der Waals surface area contributed by atoms with Crippen molar-refractivity contribution in [3.05, 3.63) is 49.6 Å². The minimum absolute atomic E-state index is 0.298. The molecular formula is C20H33ClO4. The van der Waals surface area contributed by atoms with E-state index in [1.807, 2.05) is 12.2 Å². The molecule has 0 rings (SSSR count). The number of allylic oxidation sites excluding steroid dienone is 3. The summed E-state index contributed by atoms with van der Waals surface area (Å²) in [5.41, 5.74) is 0.843. The van der Waals surface area contributed by atoms with Crippen LogP contribution in [0.4, 0.5) is 0 Å². The van der Waals surface area contributed by atoms with E-state index in [0.29, 0.717) is 24.4 Å². The van der Waals surface area contributed by atoms with E-state index in [1.54, 1.807) is 13.8 Å². The number of unbranched alkanes of at least 4 members (excludes halogenated alkanes) is 4. The highest BCUT2D eigenvalue weighted by Gasteiger charge is 2.00. The third-order valence-corrected chi connectivity index (χ3v) is 2.86. The van der Waals surface area contributed by atoms with Crippen molar-refractivity contribution < 1.29 is 19.4 Å². The average molecular weight is 373 g/mol. The van der Waals surface area contributed by atoms with Crippen LogP contribution in [0.2, 0.25) is 0 Å². The predicted octanol–water partition coefficient (Wildman–Crippen LogP) is 5.12. The van der Waals surface area contributed by atoms with Crippen LogP contribution >= 0.6 is 11.6 Å². The van der Waals surface area contributed by atoms with Gasteiger partial charge in [-0.1, -0.05) is 25.3 Å². The van der Waals surface area contributed by atoms with Crippen LogP contribution in [0.1, 0.15) is 52.4 Å². The first kappa shape index (κ1) is 28.2. The molecule has 0 aliphatic rings. The van der Waals surface area contributed by atoms with Gasteiger partial charge in [-0.15, -0.1) is 13.2 Å². The van der Waals surface area contributed by atoms with E-state index < -0.39 is 5.24 Å². The summed E-state index contributed by atoms with van der Waals surface area (Å²) in [4.78, 5) is 20.6. The van der Waals surface area contributed by atoms with Gasteiger partial charge >= 0.3 is 5.97 Å². The normalized spacial score (nSPS) is 8.64. The number of hydrogen-bond donors (Lipinski definition) is 1. The molecule has 4 nitrogen and oxygen atoms in total.